The number of nitriles is 1. The van der Waals surface area contributed by atoms with Crippen molar-refractivity contribution in [3.8, 4) is 17.3 Å². The van der Waals surface area contributed by atoms with Crippen molar-refractivity contribution in [2.24, 2.45) is 0 Å². The van der Waals surface area contributed by atoms with Crippen LogP contribution in [0.5, 0.6) is 0 Å². The average molecular weight is 284 g/mol. The topological polar surface area (TPSA) is 65.4 Å². The number of hydrogen-bond donors (Lipinski definition) is 1. The van der Waals surface area contributed by atoms with E-state index in [1.807, 2.05) is 6.92 Å². The van der Waals surface area contributed by atoms with Crippen molar-refractivity contribution in [1.82, 2.24) is 15.0 Å². The first-order chi connectivity index (χ1) is 9.32. The van der Waals surface area contributed by atoms with Gasteiger partial charge in [0.15, 0.2) is 0 Å². The first kappa shape index (κ1) is 14.4. The van der Waals surface area contributed by atoms with Crippen molar-refractivity contribution in [3.05, 3.63) is 40.1 Å². The van der Waals surface area contributed by atoms with E-state index in [2.05, 4.69) is 41.8 Å². The number of aromatic amines is 1. The Morgan fingerprint density at radius 1 is 1.30 bits per heavy atom. The molecule has 0 fully saturated rings. The van der Waals surface area contributed by atoms with Gasteiger partial charge in [-0.3, -0.25) is 4.98 Å². The summed E-state index contributed by atoms with van der Waals surface area (Å²) in [6.45, 7) is 8.14. The van der Waals surface area contributed by atoms with Gasteiger partial charge in [-0.05, 0) is 13.0 Å². The summed E-state index contributed by atoms with van der Waals surface area (Å²) in [4.78, 5) is 11.9. The van der Waals surface area contributed by atoms with Gasteiger partial charge in [0.25, 0.3) is 0 Å². The van der Waals surface area contributed by atoms with Crippen molar-refractivity contribution in [1.29, 1.82) is 5.26 Å². The van der Waals surface area contributed by atoms with Gasteiger partial charge in [-0.15, -0.1) is 0 Å². The summed E-state index contributed by atoms with van der Waals surface area (Å²) in [6.07, 6.45) is 3.26. The van der Waals surface area contributed by atoms with Gasteiger partial charge in [0.05, 0.1) is 11.3 Å². The van der Waals surface area contributed by atoms with Crippen molar-refractivity contribution >= 4 is 12.2 Å². The lowest BCUT2D eigenvalue weighted by Crippen LogP contribution is -2.17. The first-order valence-corrected chi connectivity index (χ1v) is 6.70. The molecule has 0 aliphatic carbocycles. The number of H-pyrrole nitrogens is 1. The summed E-state index contributed by atoms with van der Waals surface area (Å²) in [5.41, 5.74) is 3.01. The van der Waals surface area contributed by atoms with Crippen molar-refractivity contribution in [2.75, 3.05) is 0 Å². The molecule has 2 heterocycles. The summed E-state index contributed by atoms with van der Waals surface area (Å²) in [7, 11) is 0. The highest BCUT2D eigenvalue weighted by atomic mass is 32.1. The van der Waals surface area contributed by atoms with Crippen LogP contribution in [0.4, 0.5) is 0 Å². The Kier molecular flexibility index (Phi) is 3.69. The SMILES string of the molecule is Cc1c(-c2cncc(C#N)c2)[nH]c(C(C)(C)C)nc1=S. The van der Waals surface area contributed by atoms with Crippen LogP contribution in [0.3, 0.4) is 0 Å². The van der Waals surface area contributed by atoms with Crippen LogP contribution in [-0.2, 0) is 5.41 Å². The van der Waals surface area contributed by atoms with Gasteiger partial charge >= 0.3 is 0 Å². The van der Waals surface area contributed by atoms with E-state index in [9.17, 15) is 0 Å². The third-order valence-corrected chi connectivity index (χ3v) is 3.42. The molecule has 0 bridgehead atoms. The molecule has 102 valence electrons. The number of nitrogens with zero attached hydrogens (tertiary/aromatic N) is 3. The fraction of sp³-hybridized carbons (Fsp3) is 0.333. The normalized spacial score (nSPS) is 11.2. The van der Waals surface area contributed by atoms with Crippen molar-refractivity contribution in [3.63, 3.8) is 0 Å². The summed E-state index contributed by atoms with van der Waals surface area (Å²) in [6, 6.07) is 3.90. The fourth-order valence-corrected chi connectivity index (χ4v) is 2.01. The number of rotatable bonds is 1. The maximum absolute atomic E-state index is 8.98. The van der Waals surface area contributed by atoms with E-state index >= 15 is 0 Å². The van der Waals surface area contributed by atoms with Crippen LogP contribution in [0.2, 0.25) is 0 Å². The highest BCUT2D eigenvalue weighted by Crippen LogP contribution is 2.25. The minimum absolute atomic E-state index is 0.129. The smallest absolute Gasteiger partial charge is 0.133 e. The van der Waals surface area contributed by atoms with Gasteiger partial charge in [0.2, 0.25) is 0 Å². The Hall–Kier alpha value is -2.06. The Morgan fingerprint density at radius 2 is 2.00 bits per heavy atom. The Balaban J connectivity index is 2.70. The molecule has 0 radical (unpaired) electrons. The molecule has 0 aliphatic rings. The second kappa shape index (κ2) is 5.14. The van der Waals surface area contributed by atoms with Crippen LogP contribution in [0, 0.1) is 22.9 Å². The lowest BCUT2D eigenvalue weighted by Gasteiger charge is -2.19. The van der Waals surface area contributed by atoms with E-state index in [0.717, 1.165) is 22.6 Å². The van der Waals surface area contributed by atoms with Gasteiger partial charge in [-0.1, -0.05) is 33.0 Å². The van der Waals surface area contributed by atoms with E-state index < -0.39 is 0 Å². The zero-order valence-corrected chi connectivity index (χ0v) is 12.8. The first-order valence-electron chi connectivity index (χ1n) is 6.30. The summed E-state index contributed by atoms with van der Waals surface area (Å²) >= 11 is 5.34. The van der Waals surface area contributed by atoms with Crippen LogP contribution in [0.15, 0.2) is 18.5 Å². The van der Waals surface area contributed by atoms with E-state index in [0.29, 0.717) is 10.2 Å². The molecule has 0 unspecified atom stereocenters. The van der Waals surface area contributed by atoms with Crippen LogP contribution < -0.4 is 0 Å². The van der Waals surface area contributed by atoms with E-state index in [-0.39, 0.29) is 5.41 Å². The molecule has 2 rings (SSSR count). The monoisotopic (exact) mass is 284 g/mol. The molecule has 0 saturated carbocycles. The molecule has 0 aliphatic heterocycles. The molecule has 2 aromatic rings. The Labute approximate surface area is 123 Å². The summed E-state index contributed by atoms with van der Waals surface area (Å²) in [5, 5.41) is 8.98. The van der Waals surface area contributed by atoms with E-state index in [4.69, 9.17) is 17.5 Å². The summed E-state index contributed by atoms with van der Waals surface area (Å²) < 4.78 is 0.575. The summed E-state index contributed by atoms with van der Waals surface area (Å²) in [5.74, 6) is 0.825. The molecule has 4 nitrogen and oxygen atoms in total. The van der Waals surface area contributed by atoms with Crippen LogP contribution in [0.1, 0.15) is 37.7 Å². The lowest BCUT2D eigenvalue weighted by molar-refractivity contribution is 0.544. The van der Waals surface area contributed by atoms with Gasteiger partial charge < -0.3 is 4.98 Å². The number of nitrogens with one attached hydrogen (secondary N) is 1. The predicted octanol–water partition coefficient (Wildman–Crippen LogP) is 3.68. The highest BCUT2D eigenvalue weighted by Gasteiger charge is 2.19. The Bertz CT molecular complexity index is 748. The third kappa shape index (κ3) is 2.75. The van der Waals surface area contributed by atoms with Gasteiger partial charge in [0.1, 0.15) is 16.5 Å². The number of pyridine rings is 1. The van der Waals surface area contributed by atoms with E-state index in [1.54, 1.807) is 18.5 Å². The average Bonchev–Trinajstić information content (AvgIpc) is 2.40. The van der Waals surface area contributed by atoms with E-state index in [1.165, 1.54) is 0 Å². The quantitative estimate of drug-likeness (QED) is 0.811. The van der Waals surface area contributed by atoms with Gasteiger partial charge in [-0.2, -0.15) is 5.26 Å². The predicted molar refractivity (Wildman–Crippen MR) is 80.8 cm³/mol. The highest BCUT2D eigenvalue weighted by molar-refractivity contribution is 7.71. The zero-order valence-electron chi connectivity index (χ0n) is 12.0. The minimum Gasteiger partial charge on any atom is -0.342 e. The lowest BCUT2D eigenvalue weighted by atomic mass is 9.95. The number of aromatic nitrogens is 3. The van der Waals surface area contributed by atoms with Crippen molar-refractivity contribution < 1.29 is 0 Å². The van der Waals surface area contributed by atoms with Crippen molar-refractivity contribution in [2.45, 2.75) is 33.1 Å². The third-order valence-electron chi connectivity index (χ3n) is 3.02. The largest absolute Gasteiger partial charge is 0.342 e. The fourth-order valence-electron chi connectivity index (χ4n) is 1.81. The molecule has 0 amide bonds. The Morgan fingerprint density at radius 3 is 2.60 bits per heavy atom. The molecule has 1 N–H and O–H groups in total. The molecular formula is C15H16N4S. The van der Waals surface area contributed by atoms with Gasteiger partial charge in [-0.25, -0.2) is 4.98 Å². The minimum atomic E-state index is -0.129. The molecular weight excluding hydrogens is 268 g/mol. The molecule has 0 saturated heterocycles. The van der Waals surface area contributed by atoms with Crippen LogP contribution >= 0.6 is 12.2 Å². The molecule has 20 heavy (non-hydrogen) atoms. The molecule has 2 aromatic heterocycles. The maximum atomic E-state index is 8.98. The second-order valence-corrected chi connectivity index (χ2v) is 6.10. The number of hydrogen-bond acceptors (Lipinski definition) is 4. The molecule has 0 spiro atoms. The molecule has 0 aromatic carbocycles. The zero-order chi connectivity index (χ0) is 14.9. The second-order valence-electron chi connectivity index (χ2n) is 5.71. The molecule has 5 heteroatoms. The van der Waals surface area contributed by atoms with Crippen LogP contribution in [-0.4, -0.2) is 15.0 Å². The van der Waals surface area contributed by atoms with Crippen LogP contribution in [0.25, 0.3) is 11.3 Å². The standard InChI is InChI=1S/C15H16N4S/c1-9-12(11-5-10(6-16)7-17-8-11)18-14(15(2,3)4)19-13(9)20/h5,7-8H,1-4H3,(H,18,19,20). The van der Waals surface area contributed by atoms with Gasteiger partial charge in [0, 0.05) is 28.9 Å². The molecule has 0 atom stereocenters. The maximum Gasteiger partial charge on any atom is 0.133 e.